The van der Waals surface area contributed by atoms with Gasteiger partial charge in [0.2, 0.25) is 5.89 Å². The smallest absolute Gasteiger partial charge is 0.269 e. The Morgan fingerprint density at radius 3 is 3.06 bits per heavy atom. The Morgan fingerprint density at radius 2 is 2.39 bits per heavy atom. The molecule has 0 atom stereocenters. The molecule has 0 aliphatic carbocycles. The number of hydrogen-bond acceptors (Lipinski definition) is 6. The molecule has 0 aromatic carbocycles. The molecule has 0 saturated carbocycles. The molecule has 0 saturated heterocycles. The summed E-state index contributed by atoms with van der Waals surface area (Å²) >= 11 is 0. The highest BCUT2D eigenvalue weighted by Gasteiger charge is 2.08. The third-order valence-corrected chi connectivity index (χ3v) is 2.21. The zero-order valence-electron chi connectivity index (χ0n) is 9.88. The number of carbonyl (C=O) groups excluding carboxylic acids is 1. The number of pyridine rings is 1. The van der Waals surface area contributed by atoms with Crippen molar-refractivity contribution in [2.24, 2.45) is 0 Å². The monoisotopic (exact) mass is 247 g/mol. The van der Waals surface area contributed by atoms with Gasteiger partial charge in [-0.2, -0.15) is 4.98 Å². The number of hydrogen-bond donors (Lipinski definition) is 2. The van der Waals surface area contributed by atoms with Crippen LogP contribution < -0.4 is 11.1 Å². The Hall–Kier alpha value is -2.44. The Labute approximate surface area is 103 Å². The van der Waals surface area contributed by atoms with Crippen LogP contribution in [-0.2, 0) is 6.42 Å². The van der Waals surface area contributed by atoms with Crippen molar-refractivity contribution >= 4 is 11.6 Å². The summed E-state index contributed by atoms with van der Waals surface area (Å²) in [5.41, 5.74) is 6.36. The molecular formula is C11H13N5O2. The van der Waals surface area contributed by atoms with E-state index in [2.05, 4.69) is 20.4 Å². The summed E-state index contributed by atoms with van der Waals surface area (Å²) in [6.07, 6.45) is 1.97. The SMILES string of the molecule is Cc1noc(CCNC(=O)c2cc(N)ccn2)n1. The van der Waals surface area contributed by atoms with Crippen LogP contribution in [-0.4, -0.2) is 27.6 Å². The third-order valence-electron chi connectivity index (χ3n) is 2.21. The summed E-state index contributed by atoms with van der Waals surface area (Å²) in [6.45, 7) is 2.14. The Morgan fingerprint density at radius 1 is 1.56 bits per heavy atom. The molecule has 0 bridgehead atoms. The van der Waals surface area contributed by atoms with Gasteiger partial charge in [0.25, 0.3) is 5.91 Å². The molecule has 18 heavy (non-hydrogen) atoms. The number of nitrogens with zero attached hydrogens (tertiary/aromatic N) is 3. The molecule has 1 amide bonds. The summed E-state index contributed by atoms with van der Waals surface area (Å²) in [5.74, 6) is 0.792. The van der Waals surface area contributed by atoms with Gasteiger partial charge >= 0.3 is 0 Å². The maximum Gasteiger partial charge on any atom is 0.269 e. The largest absolute Gasteiger partial charge is 0.399 e. The molecule has 0 aliphatic rings. The lowest BCUT2D eigenvalue weighted by Gasteiger charge is -2.03. The van der Waals surface area contributed by atoms with E-state index in [4.69, 9.17) is 10.3 Å². The van der Waals surface area contributed by atoms with E-state index in [-0.39, 0.29) is 11.6 Å². The second kappa shape index (κ2) is 5.26. The van der Waals surface area contributed by atoms with Gasteiger partial charge in [-0.1, -0.05) is 5.16 Å². The molecule has 94 valence electrons. The lowest BCUT2D eigenvalue weighted by molar-refractivity contribution is 0.0948. The van der Waals surface area contributed by atoms with E-state index in [0.29, 0.717) is 30.4 Å². The average molecular weight is 247 g/mol. The van der Waals surface area contributed by atoms with Gasteiger partial charge in [0.05, 0.1) is 0 Å². The summed E-state index contributed by atoms with van der Waals surface area (Å²) < 4.78 is 4.92. The van der Waals surface area contributed by atoms with E-state index in [1.165, 1.54) is 12.3 Å². The lowest BCUT2D eigenvalue weighted by atomic mass is 10.3. The number of nitrogens with one attached hydrogen (secondary N) is 1. The van der Waals surface area contributed by atoms with E-state index in [9.17, 15) is 4.79 Å². The van der Waals surface area contributed by atoms with Gasteiger partial charge < -0.3 is 15.6 Å². The van der Waals surface area contributed by atoms with Gasteiger partial charge in [-0.05, 0) is 19.1 Å². The fraction of sp³-hybridized carbons (Fsp3) is 0.273. The van der Waals surface area contributed by atoms with Crippen LogP contribution in [0.5, 0.6) is 0 Å². The number of aromatic nitrogens is 3. The van der Waals surface area contributed by atoms with Crippen LogP contribution in [0.1, 0.15) is 22.2 Å². The minimum Gasteiger partial charge on any atom is -0.399 e. The standard InChI is InChI=1S/C11H13N5O2/c1-7-15-10(18-16-7)3-5-14-11(17)9-6-8(12)2-4-13-9/h2,4,6H,3,5H2,1H3,(H2,12,13)(H,14,17). The van der Waals surface area contributed by atoms with Crippen LogP contribution in [0.3, 0.4) is 0 Å². The van der Waals surface area contributed by atoms with E-state index >= 15 is 0 Å². The molecule has 0 radical (unpaired) electrons. The van der Waals surface area contributed by atoms with Crippen LogP contribution in [0.25, 0.3) is 0 Å². The zero-order chi connectivity index (χ0) is 13.0. The summed E-state index contributed by atoms with van der Waals surface area (Å²) in [7, 11) is 0. The predicted octanol–water partition coefficient (Wildman–Crippen LogP) is 0.328. The number of nitrogens with two attached hydrogens (primary N) is 1. The predicted molar refractivity (Wildman–Crippen MR) is 63.7 cm³/mol. The minimum atomic E-state index is -0.279. The normalized spacial score (nSPS) is 10.3. The number of anilines is 1. The highest BCUT2D eigenvalue weighted by Crippen LogP contribution is 2.02. The lowest BCUT2D eigenvalue weighted by Crippen LogP contribution is -2.26. The summed E-state index contributed by atoms with van der Waals surface area (Å²) in [6, 6.07) is 3.14. The molecular weight excluding hydrogens is 234 g/mol. The summed E-state index contributed by atoms with van der Waals surface area (Å²) in [4.78, 5) is 19.7. The van der Waals surface area contributed by atoms with Crippen LogP contribution in [0, 0.1) is 6.92 Å². The highest BCUT2D eigenvalue weighted by atomic mass is 16.5. The van der Waals surface area contributed by atoms with Crippen molar-refractivity contribution in [2.75, 3.05) is 12.3 Å². The second-order valence-electron chi connectivity index (χ2n) is 3.72. The molecule has 7 heteroatoms. The topological polar surface area (TPSA) is 107 Å². The van der Waals surface area contributed by atoms with Crippen LogP contribution >= 0.6 is 0 Å². The minimum absolute atomic E-state index is 0.279. The van der Waals surface area contributed by atoms with Gasteiger partial charge in [0.15, 0.2) is 5.82 Å². The molecule has 0 unspecified atom stereocenters. The van der Waals surface area contributed by atoms with E-state index in [1.54, 1.807) is 13.0 Å². The zero-order valence-corrected chi connectivity index (χ0v) is 9.88. The van der Waals surface area contributed by atoms with Crippen molar-refractivity contribution < 1.29 is 9.32 Å². The molecule has 2 heterocycles. The van der Waals surface area contributed by atoms with Gasteiger partial charge in [-0.3, -0.25) is 9.78 Å². The first-order valence-electron chi connectivity index (χ1n) is 5.44. The molecule has 2 rings (SSSR count). The molecule has 7 nitrogen and oxygen atoms in total. The maximum absolute atomic E-state index is 11.7. The molecule has 0 aliphatic heterocycles. The quantitative estimate of drug-likeness (QED) is 0.806. The number of carbonyl (C=O) groups is 1. The molecule has 0 spiro atoms. The van der Waals surface area contributed by atoms with Crippen LogP contribution in [0.15, 0.2) is 22.9 Å². The highest BCUT2D eigenvalue weighted by molar-refractivity contribution is 5.92. The Bertz CT molecular complexity index is 552. The summed E-state index contributed by atoms with van der Waals surface area (Å²) in [5, 5.41) is 6.36. The van der Waals surface area contributed by atoms with Gasteiger partial charge in [0.1, 0.15) is 5.69 Å². The van der Waals surface area contributed by atoms with E-state index in [0.717, 1.165) is 0 Å². The number of aryl methyl sites for hydroxylation is 1. The molecule has 0 fully saturated rings. The van der Waals surface area contributed by atoms with Crippen molar-refractivity contribution in [3.8, 4) is 0 Å². The molecule has 3 N–H and O–H groups in total. The van der Waals surface area contributed by atoms with Gasteiger partial charge in [-0.15, -0.1) is 0 Å². The molecule has 2 aromatic heterocycles. The van der Waals surface area contributed by atoms with Gasteiger partial charge in [-0.25, -0.2) is 0 Å². The Balaban J connectivity index is 1.85. The van der Waals surface area contributed by atoms with Crippen molar-refractivity contribution in [2.45, 2.75) is 13.3 Å². The van der Waals surface area contributed by atoms with Crippen LogP contribution in [0.2, 0.25) is 0 Å². The third kappa shape index (κ3) is 3.03. The van der Waals surface area contributed by atoms with Gasteiger partial charge in [0, 0.05) is 24.8 Å². The van der Waals surface area contributed by atoms with Crippen molar-refractivity contribution in [3.05, 3.63) is 35.7 Å². The number of rotatable bonds is 4. The fourth-order valence-electron chi connectivity index (χ4n) is 1.39. The first-order valence-corrected chi connectivity index (χ1v) is 5.44. The molecule has 2 aromatic rings. The first-order chi connectivity index (χ1) is 8.65. The number of nitrogen functional groups attached to an aromatic ring is 1. The second-order valence-corrected chi connectivity index (χ2v) is 3.72. The average Bonchev–Trinajstić information content (AvgIpc) is 2.75. The number of amides is 1. The van der Waals surface area contributed by atoms with Crippen molar-refractivity contribution in [1.82, 2.24) is 20.4 Å². The van der Waals surface area contributed by atoms with Crippen LogP contribution in [0.4, 0.5) is 5.69 Å². The van der Waals surface area contributed by atoms with E-state index < -0.39 is 0 Å². The Kier molecular flexibility index (Phi) is 3.52. The maximum atomic E-state index is 11.7. The first kappa shape index (κ1) is 12.0. The fourth-order valence-corrected chi connectivity index (χ4v) is 1.39. The van der Waals surface area contributed by atoms with E-state index in [1.807, 2.05) is 0 Å². The van der Waals surface area contributed by atoms with Crippen molar-refractivity contribution in [1.29, 1.82) is 0 Å². The van der Waals surface area contributed by atoms with Crippen molar-refractivity contribution in [3.63, 3.8) is 0 Å².